The normalized spacial score (nSPS) is 17.3. The van der Waals surface area contributed by atoms with Crippen LogP contribution in [0.25, 0.3) is 0 Å². The van der Waals surface area contributed by atoms with Gasteiger partial charge in [0.15, 0.2) is 11.4 Å². The fourth-order valence-electron chi connectivity index (χ4n) is 4.88. The Kier molecular flexibility index (Phi) is 9.03. The van der Waals surface area contributed by atoms with Gasteiger partial charge in [0.2, 0.25) is 12.1 Å². The van der Waals surface area contributed by atoms with Crippen LogP contribution in [0.4, 0.5) is 39.8 Å². The van der Waals surface area contributed by atoms with Crippen molar-refractivity contribution in [3.63, 3.8) is 0 Å². The van der Waals surface area contributed by atoms with Crippen LogP contribution >= 0.6 is 0 Å². The third kappa shape index (κ3) is 7.14. The molecule has 0 bridgehead atoms. The molecule has 2 heterocycles. The average molecular weight is 688 g/mol. The van der Waals surface area contributed by atoms with E-state index < -0.39 is 53.2 Å². The Balaban J connectivity index is 1.11. The number of nitrogen functional groups attached to an aromatic ring is 2. The highest BCUT2D eigenvalue weighted by Gasteiger charge is 2.42. The second kappa shape index (κ2) is 13.8. The highest BCUT2D eigenvalue weighted by atomic mass is 16.4. The highest BCUT2D eigenvalue weighted by molar-refractivity contribution is 6.46. The zero-order chi connectivity index (χ0) is 36.2. The molecule has 4 aromatic carbocycles. The number of rotatable bonds is 10. The molecule has 2 aliphatic heterocycles. The molecule has 6 rings (SSSR count). The molecule has 51 heavy (non-hydrogen) atoms. The first kappa shape index (κ1) is 33.3. The number of benzene rings is 4. The van der Waals surface area contributed by atoms with E-state index in [1.165, 1.54) is 48.5 Å². The number of anilines is 5. The van der Waals surface area contributed by atoms with Gasteiger partial charge in [-0.2, -0.15) is 40.7 Å². The van der Waals surface area contributed by atoms with E-state index in [0.29, 0.717) is 17.1 Å². The van der Waals surface area contributed by atoms with Gasteiger partial charge in [0.25, 0.3) is 17.7 Å². The van der Waals surface area contributed by atoms with Crippen LogP contribution in [-0.4, -0.2) is 63.4 Å². The summed E-state index contributed by atoms with van der Waals surface area (Å²) in [5.74, 6) is -4.87. The maximum absolute atomic E-state index is 13.0. The Bertz CT molecular complexity index is 2220. The lowest BCUT2D eigenvalue weighted by molar-refractivity contribution is -0.130. The number of amides is 3. The van der Waals surface area contributed by atoms with Gasteiger partial charge in [0, 0.05) is 22.6 Å². The summed E-state index contributed by atoms with van der Waals surface area (Å²) in [6, 6.07) is 21.3. The van der Waals surface area contributed by atoms with E-state index in [4.69, 9.17) is 11.5 Å². The van der Waals surface area contributed by atoms with Crippen LogP contribution in [0.1, 0.15) is 10.4 Å². The Labute approximate surface area is 287 Å². The van der Waals surface area contributed by atoms with Crippen molar-refractivity contribution >= 4 is 80.9 Å². The monoisotopic (exact) mass is 687 g/mol. The van der Waals surface area contributed by atoms with Crippen molar-refractivity contribution in [3.05, 3.63) is 103 Å². The Morgan fingerprint density at radius 1 is 0.647 bits per heavy atom. The third-order valence-corrected chi connectivity index (χ3v) is 7.30. The van der Waals surface area contributed by atoms with Crippen LogP contribution in [-0.2, 0) is 19.2 Å². The molecule has 254 valence electrons. The summed E-state index contributed by atoms with van der Waals surface area (Å²) in [4.78, 5) is 62.6. The SMILES string of the molecule is Nc1cccc(N2N=C(C(=O)O)C(N=Nc3ccc(C(=O)Nc4cccc(N=NC5C(=O)N(c6cccc(N)c6)N=C5C(=O)O)c4)cc3)C2=O)c1. The topological polar surface area (TPSA) is 271 Å². The molecule has 2 atom stereocenters. The van der Waals surface area contributed by atoms with E-state index in [1.807, 2.05) is 0 Å². The summed E-state index contributed by atoms with van der Waals surface area (Å²) >= 11 is 0. The van der Waals surface area contributed by atoms with Crippen molar-refractivity contribution in [2.24, 2.45) is 30.7 Å². The molecule has 0 spiro atoms. The molecule has 0 radical (unpaired) electrons. The van der Waals surface area contributed by atoms with Crippen LogP contribution in [0.2, 0.25) is 0 Å². The quantitative estimate of drug-likeness (QED) is 0.119. The number of hydrogen-bond donors (Lipinski definition) is 5. The van der Waals surface area contributed by atoms with E-state index in [1.54, 1.807) is 48.5 Å². The average Bonchev–Trinajstić information content (AvgIpc) is 3.62. The molecule has 0 fully saturated rings. The summed E-state index contributed by atoms with van der Waals surface area (Å²) < 4.78 is 0. The van der Waals surface area contributed by atoms with Crippen molar-refractivity contribution in [3.8, 4) is 0 Å². The number of carboxylic acids is 2. The number of carbonyl (C=O) groups excluding carboxylic acids is 3. The maximum Gasteiger partial charge on any atom is 0.355 e. The minimum absolute atomic E-state index is 0.212. The summed E-state index contributed by atoms with van der Waals surface area (Å²) in [5, 5.41) is 47.4. The molecule has 18 nitrogen and oxygen atoms in total. The summed E-state index contributed by atoms with van der Waals surface area (Å²) in [5.41, 5.74) is 12.7. The number of azo groups is 2. The van der Waals surface area contributed by atoms with Crippen molar-refractivity contribution in [1.29, 1.82) is 0 Å². The number of carbonyl (C=O) groups is 5. The van der Waals surface area contributed by atoms with E-state index in [2.05, 4.69) is 36.0 Å². The zero-order valence-electron chi connectivity index (χ0n) is 26.1. The standard InChI is InChI=1S/C33H25N11O7/c34-18-4-1-8-23(14-18)43-30(46)25(27(41-43)32(48)49)39-37-20-12-10-17(11-13-20)29(45)36-21-6-3-7-22(16-21)38-40-26-28(33(50)51)42-44(31(26)47)24-9-2-5-19(35)15-24/h1-16,25-26H,34-35H2,(H,36,45)(H,48,49)(H,50,51). The number of carboxylic acid groups (broad SMARTS) is 2. The van der Waals surface area contributed by atoms with Crippen molar-refractivity contribution in [1.82, 2.24) is 0 Å². The Hall–Kier alpha value is -7.63. The lowest BCUT2D eigenvalue weighted by Gasteiger charge is -2.12. The molecule has 0 saturated heterocycles. The first-order chi connectivity index (χ1) is 24.5. The van der Waals surface area contributed by atoms with Gasteiger partial charge in [-0.3, -0.25) is 14.4 Å². The fourth-order valence-corrected chi connectivity index (χ4v) is 4.88. The summed E-state index contributed by atoms with van der Waals surface area (Å²) in [6.45, 7) is 0. The van der Waals surface area contributed by atoms with Crippen LogP contribution in [0.5, 0.6) is 0 Å². The van der Waals surface area contributed by atoms with Crippen LogP contribution in [0.15, 0.2) is 128 Å². The van der Waals surface area contributed by atoms with Gasteiger partial charge in [-0.1, -0.05) is 18.2 Å². The van der Waals surface area contributed by atoms with E-state index in [-0.39, 0.29) is 28.3 Å². The van der Waals surface area contributed by atoms with Gasteiger partial charge in [0.1, 0.15) is 0 Å². The van der Waals surface area contributed by atoms with Gasteiger partial charge in [-0.05, 0) is 78.9 Å². The molecule has 2 unspecified atom stereocenters. The van der Waals surface area contributed by atoms with Gasteiger partial charge >= 0.3 is 11.9 Å². The lowest BCUT2D eigenvalue weighted by atomic mass is 10.2. The number of hydrazone groups is 2. The predicted octanol–water partition coefficient (Wildman–Crippen LogP) is 3.98. The Morgan fingerprint density at radius 2 is 1.14 bits per heavy atom. The zero-order valence-corrected chi connectivity index (χ0v) is 26.1. The minimum Gasteiger partial charge on any atom is -0.477 e. The largest absolute Gasteiger partial charge is 0.477 e. The molecular formula is C33H25N11O7. The van der Waals surface area contributed by atoms with Gasteiger partial charge in [-0.15, -0.1) is 0 Å². The first-order valence-corrected chi connectivity index (χ1v) is 14.8. The van der Waals surface area contributed by atoms with Crippen molar-refractivity contribution in [2.45, 2.75) is 12.1 Å². The van der Waals surface area contributed by atoms with Crippen LogP contribution < -0.4 is 26.8 Å². The van der Waals surface area contributed by atoms with E-state index >= 15 is 0 Å². The van der Waals surface area contributed by atoms with Crippen LogP contribution in [0.3, 0.4) is 0 Å². The second-order valence-electron chi connectivity index (χ2n) is 10.9. The smallest absolute Gasteiger partial charge is 0.355 e. The van der Waals surface area contributed by atoms with E-state index in [9.17, 15) is 34.2 Å². The number of nitrogens with two attached hydrogens (primary N) is 2. The van der Waals surface area contributed by atoms with Gasteiger partial charge in [0.05, 0.1) is 22.7 Å². The molecule has 0 saturated carbocycles. The highest BCUT2D eigenvalue weighted by Crippen LogP contribution is 2.28. The fraction of sp³-hybridized carbons (Fsp3) is 0.0606. The third-order valence-electron chi connectivity index (χ3n) is 7.30. The number of nitrogens with one attached hydrogen (secondary N) is 1. The minimum atomic E-state index is -1.52. The number of aliphatic carboxylic acids is 2. The van der Waals surface area contributed by atoms with Crippen LogP contribution in [0, 0.1) is 0 Å². The molecular weight excluding hydrogens is 662 g/mol. The predicted molar refractivity (Wildman–Crippen MR) is 184 cm³/mol. The molecule has 2 aliphatic rings. The van der Waals surface area contributed by atoms with Gasteiger partial charge < -0.3 is 27.0 Å². The summed E-state index contributed by atoms with van der Waals surface area (Å²) in [7, 11) is 0. The first-order valence-electron chi connectivity index (χ1n) is 14.8. The lowest BCUT2D eigenvalue weighted by Crippen LogP contribution is -2.33. The molecule has 3 amide bonds. The molecule has 18 heteroatoms. The van der Waals surface area contributed by atoms with Gasteiger partial charge in [-0.25, -0.2) is 9.59 Å². The summed E-state index contributed by atoms with van der Waals surface area (Å²) in [6.07, 6.45) is 0. The number of hydrogen-bond acceptors (Lipinski definition) is 13. The Morgan fingerprint density at radius 3 is 1.63 bits per heavy atom. The maximum atomic E-state index is 13.0. The second-order valence-corrected chi connectivity index (χ2v) is 10.9. The number of nitrogens with zero attached hydrogens (tertiary/aromatic N) is 8. The molecule has 0 aliphatic carbocycles. The molecule has 7 N–H and O–H groups in total. The van der Waals surface area contributed by atoms with E-state index in [0.717, 1.165) is 10.0 Å². The van der Waals surface area contributed by atoms with Crippen molar-refractivity contribution in [2.75, 3.05) is 26.8 Å². The van der Waals surface area contributed by atoms with Crippen molar-refractivity contribution < 1.29 is 34.2 Å². The molecule has 0 aromatic heterocycles. The molecule has 4 aromatic rings.